The summed E-state index contributed by atoms with van der Waals surface area (Å²) in [5.41, 5.74) is 1.62. The zero-order valence-corrected chi connectivity index (χ0v) is 12.0. The molecule has 2 rings (SSSR count). The number of anilines is 1. The van der Waals surface area contributed by atoms with Crippen LogP contribution in [-0.4, -0.2) is 16.0 Å². The number of nitrogens with zero attached hydrogens (tertiary/aromatic N) is 2. The predicted molar refractivity (Wildman–Crippen MR) is 77.2 cm³/mol. The third-order valence-corrected chi connectivity index (χ3v) is 3.28. The number of hydrogen-bond acceptors (Lipinski definition) is 4. The summed E-state index contributed by atoms with van der Waals surface area (Å²) in [4.78, 5) is 16.1. The Labute approximate surface area is 118 Å². The van der Waals surface area contributed by atoms with Crippen molar-refractivity contribution in [2.24, 2.45) is 5.92 Å². The second-order valence-corrected chi connectivity index (χ2v) is 4.73. The van der Waals surface area contributed by atoms with E-state index in [1.807, 2.05) is 38.1 Å². The van der Waals surface area contributed by atoms with Crippen LogP contribution in [0, 0.1) is 12.8 Å². The molecule has 20 heavy (non-hydrogen) atoms. The summed E-state index contributed by atoms with van der Waals surface area (Å²) in [6, 6.07) is 7.40. The maximum atomic E-state index is 12.0. The lowest BCUT2D eigenvalue weighted by atomic mass is 10.0. The first-order valence-corrected chi connectivity index (χ1v) is 6.85. The van der Waals surface area contributed by atoms with Gasteiger partial charge in [0.25, 0.3) is 5.89 Å². The van der Waals surface area contributed by atoms with Gasteiger partial charge in [0.05, 0.1) is 0 Å². The molecule has 0 atom stereocenters. The highest BCUT2D eigenvalue weighted by Gasteiger charge is 2.14. The summed E-state index contributed by atoms with van der Waals surface area (Å²) in [5, 5.41) is 6.68. The van der Waals surface area contributed by atoms with Crippen LogP contribution < -0.4 is 5.32 Å². The topological polar surface area (TPSA) is 68.0 Å². The Hall–Kier alpha value is -2.17. The average molecular weight is 273 g/mol. The van der Waals surface area contributed by atoms with Crippen LogP contribution in [0.5, 0.6) is 0 Å². The Balaban J connectivity index is 2.07. The Morgan fingerprint density at radius 3 is 2.40 bits per heavy atom. The summed E-state index contributed by atoms with van der Waals surface area (Å²) >= 11 is 0. The standard InChI is InChI=1S/C15H19N3O2/c1-4-11(5-2)14(19)17-13-8-6-12(7-9-13)15-16-10(3)18-20-15/h6-9,11H,4-5H2,1-3H3,(H,17,19). The van der Waals surface area contributed by atoms with Gasteiger partial charge in [-0.25, -0.2) is 0 Å². The number of nitrogens with one attached hydrogen (secondary N) is 1. The molecule has 0 unspecified atom stereocenters. The molecule has 0 radical (unpaired) electrons. The molecule has 0 spiro atoms. The van der Waals surface area contributed by atoms with Crippen molar-refractivity contribution in [1.29, 1.82) is 0 Å². The van der Waals surface area contributed by atoms with Crippen LogP contribution in [0.4, 0.5) is 5.69 Å². The molecule has 1 amide bonds. The molecule has 0 aliphatic carbocycles. The van der Waals surface area contributed by atoms with Gasteiger partial charge in [-0.3, -0.25) is 4.79 Å². The molecule has 1 aromatic heterocycles. The van der Waals surface area contributed by atoms with E-state index in [-0.39, 0.29) is 11.8 Å². The first-order chi connectivity index (χ1) is 9.63. The van der Waals surface area contributed by atoms with Gasteiger partial charge in [-0.2, -0.15) is 4.98 Å². The van der Waals surface area contributed by atoms with Gasteiger partial charge in [-0.1, -0.05) is 19.0 Å². The first kappa shape index (κ1) is 14.2. The van der Waals surface area contributed by atoms with E-state index in [0.717, 1.165) is 24.1 Å². The van der Waals surface area contributed by atoms with Crippen LogP contribution in [0.3, 0.4) is 0 Å². The minimum atomic E-state index is 0.0632. The van der Waals surface area contributed by atoms with E-state index in [1.165, 1.54) is 0 Å². The van der Waals surface area contributed by atoms with Gasteiger partial charge in [-0.05, 0) is 44.0 Å². The molecule has 1 N–H and O–H groups in total. The van der Waals surface area contributed by atoms with E-state index in [9.17, 15) is 4.79 Å². The summed E-state index contributed by atoms with van der Waals surface area (Å²) < 4.78 is 5.10. The molecule has 1 aromatic carbocycles. The average Bonchev–Trinajstić information content (AvgIpc) is 2.87. The van der Waals surface area contributed by atoms with Crippen LogP contribution in [0.15, 0.2) is 28.8 Å². The van der Waals surface area contributed by atoms with Crippen molar-refractivity contribution in [2.75, 3.05) is 5.32 Å². The Bertz CT molecular complexity index is 571. The van der Waals surface area contributed by atoms with E-state index < -0.39 is 0 Å². The number of aromatic nitrogens is 2. The molecule has 0 saturated heterocycles. The van der Waals surface area contributed by atoms with Crippen molar-refractivity contribution in [2.45, 2.75) is 33.6 Å². The Morgan fingerprint density at radius 1 is 1.25 bits per heavy atom. The quantitative estimate of drug-likeness (QED) is 0.906. The van der Waals surface area contributed by atoms with Gasteiger partial charge in [0.15, 0.2) is 5.82 Å². The van der Waals surface area contributed by atoms with Gasteiger partial charge in [0.1, 0.15) is 0 Å². The Morgan fingerprint density at radius 2 is 1.90 bits per heavy atom. The third-order valence-electron chi connectivity index (χ3n) is 3.28. The molecule has 5 nitrogen and oxygen atoms in total. The normalized spacial score (nSPS) is 10.8. The van der Waals surface area contributed by atoms with E-state index >= 15 is 0 Å². The van der Waals surface area contributed by atoms with Gasteiger partial charge >= 0.3 is 0 Å². The lowest BCUT2D eigenvalue weighted by Crippen LogP contribution is -2.21. The fourth-order valence-corrected chi connectivity index (χ4v) is 2.01. The van der Waals surface area contributed by atoms with E-state index in [2.05, 4.69) is 15.5 Å². The fraction of sp³-hybridized carbons (Fsp3) is 0.400. The molecular weight excluding hydrogens is 254 g/mol. The summed E-state index contributed by atoms with van der Waals surface area (Å²) in [6.45, 7) is 5.82. The number of hydrogen-bond donors (Lipinski definition) is 1. The lowest BCUT2D eigenvalue weighted by Gasteiger charge is -2.12. The molecule has 1 heterocycles. The van der Waals surface area contributed by atoms with Crippen molar-refractivity contribution in [3.63, 3.8) is 0 Å². The van der Waals surface area contributed by atoms with Crippen molar-refractivity contribution in [3.05, 3.63) is 30.1 Å². The maximum Gasteiger partial charge on any atom is 0.257 e. The van der Waals surface area contributed by atoms with Crippen molar-refractivity contribution in [3.8, 4) is 11.5 Å². The Kier molecular flexibility index (Phi) is 4.50. The third kappa shape index (κ3) is 3.23. The molecule has 0 saturated carbocycles. The molecular formula is C15H19N3O2. The van der Waals surface area contributed by atoms with Crippen molar-refractivity contribution >= 4 is 11.6 Å². The number of benzene rings is 1. The first-order valence-electron chi connectivity index (χ1n) is 6.85. The van der Waals surface area contributed by atoms with Crippen LogP contribution in [0.2, 0.25) is 0 Å². The molecule has 0 aliphatic heterocycles. The number of carbonyl (C=O) groups is 1. The van der Waals surface area contributed by atoms with Gasteiger partial charge < -0.3 is 9.84 Å². The lowest BCUT2D eigenvalue weighted by molar-refractivity contribution is -0.120. The van der Waals surface area contributed by atoms with Crippen molar-refractivity contribution < 1.29 is 9.32 Å². The van der Waals surface area contributed by atoms with Crippen molar-refractivity contribution in [1.82, 2.24) is 10.1 Å². The second-order valence-electron chi connectivity index (χ2n) is 4.73. The zero-order valence-electron chi connectivity index (χ0n) is 12.0. The summed E-state index contributed by atoms with van der Waals surface area (Å²) in [5.74, 6) is 1.22. The summed E-state index contributed by atoms with van der Waals surface area (Å²) in [6.07, 6.45) is 1.70. The van der Waals surface area contributed by atoms with E-state index in [1.54, 1.807) is 6.92 Å². The molecule has 0 aliphatic rings. The number of carbonyl (C=O) groups excluding carboxylic acids is 1. The van der Waals surface area contributed by atoms with Crippen LogP contribution in [0.1, 0.15) is 32.5 Å². The number of rotatable bonds is 5. The van der Waals surface area contributed by atoms with E-state index in [4.69, 9.17) is 4.52 Å². The number of aryl methyl sites for hydroxylation is 1. The minimum absolute atomic E-state index is 0.0632. The van der Waals surface area contributed by atoms with Crippen LogP contribution >= 0.6 is 0 Å². The number of amides is 1. The monoisotopic (exact) mass is 273 g/mol. The van der Waals surface area contributed by atoms with Gasteiger partial charge in [0.2, 0.25) is 5.91 Å². The zero-order chi connectivity index (χ0) is 14.5. The minimum Gasteiger partial charge on any atom is -0.334 e. The predicted octanol–water partition coefficient (Wildman–Crippen LogP) is 3.42. The van der Waals surface area contributed by atoms with Gasteiger partial charge in [0, 0.05) is 17.2 Å². The van der Waals surface area contributed by atoms with Crippen LogP contribution in [0.25, 0.3) is 11.5 Å². The molecule has 106 valence electrons. The molecule has 5 heteroatoms. The van der Waals surface area contributed by atoms with Crippen LogP contribution in [-0.2, 0) is 4.79 Å². The summed E-state index contributed by atoms with van der Waals surface area (Å²) in [7, 11) is 0. The fourth-order valence-electron chi connectivity index (χ4n) is 2.01. The second kappa shape index (κ2) is 6.32. The smallest absolute Gasteiger partial charge is 0.257 e. The van der Waals surface area contributed by atoms with Gasteiger partial charge in [-0.15, -0.1) is 0 Å². The maximum absolute atomic E-state index is 12.0. The molecule has 0 bridgehead atoms. The highest BCUT2D eigenvalue weighted by atomic mass is 16.5. The molecule has 0 fully saturated rings. The molecule has 2 aromatic rings. The van der Waals surface area contributed by atoms with E-state index in [0.29, 0.717) is 11.7 Å². The highest BCUT2D eigenvalue weighted by Crippen LogP contribution is 2.20. The highest BCUT2D eigenvalue weighted by molar-refractivity contribution is 5.92. The SMILES string of the molecule is CCC(CC)C(=O)Nc1ccc(-c2nc(C)no2)cc1. The largest absolute Gasteiger partial charge is 0.334 e.